The fraction of sp³-hybridized carbons (Fsp3) is 0.467. The SMILES string of the molecule is CC(C)NC(=O)CN(C)C(C)C(=O)Nc1cccc(S(N)(=O)=O)c1. The van der Waals surface area contributed by atoms with Crippen LogP contribution >= 0.6 is 0 Å². The lowest BCUT2D eigenvalue weighted by Gasteiger charge is -2.23. The Morgan fingerprint density at radius 3 is 2.42 bits per heavy atom. The summed E-state index contributed by atoms with van der Waals surface area (Å²) in [5, 5.41) is 10.4. The molecule has 0 spiro atoms. The average Bonchev–Trinajstić information content (AvgIpc) is 2.44. The number of nitrogens with zero attached hydrogens (tertiary/aromatic N) is 1. The van der Waals surface area contributed by atoms with E-state index in [0.717, 1.165) is 0 Å². The summed E-state index contributed by atoms with van der Waals surface area (Å²) >= 11 is 0. The van der Waals surface area contributed by atoms with E-state index < -0.39 is 16.1 Å². The maximum atomic E-state index is 12.3. The topological polar surface area (TPSA) is 122 Å². The van der Waals surface area contributed by atoms with Gasteiger partial charge in [0.2, 0.25) is 21.8 Å². The van der Waals surface area contributed by atoms with Crippen molar-refractivity contribution in [2.75, 3.05) is 18.9 Å². The first-order valence-electron chi connectivity index (χ1n) is 7.44. The van der Waals surface area contributed by atoms with Gasteiger partial charge < -0.3 is 10.6 Å². The van der Waals surface area contributed by atoms with Crippen LogP contribution in [0.15, 0.2) is 29.2 Å². The summed E-state index contributed by atoms with van der Waals surface area (Å²) in [4.78, 5) is 25.5. The molecule has 0 bridgehead atoms. The number of likely N-dealkylation sites (N-methyl/N-ethyl adjacent to an activating group) is 1. The highest BCUT2D eigenvalue weighted by atomic mass is 32.2. The molecule has 1 rings (SSSR count). The molecule has 0 heterocycles. The molecule has 9 heteroatoms. The van der Waals surface area contributed by atoms with E-state index in [1.165, 1.54) is 18.2 Å². The van der Waals surface area contributed by atoms with Gasteiger partial charge in [0.1, 0.15) is 0 Å². The third-order valence-electron chi connectivity index (χ3n) is 3.31. The van der Waals surface area contributed by atoms with Crippen LogP contribution in [0.25, 0.3) is 0 Å². The van der Waals surface area contributed by atoms with Gasteiger partial charge in [-0.15, -0.1) is 0 Å². The zero-order valence-electron chi connectivity index (χ0n) is 14.2. The summed E-state index contributed by atoms with van der Waals surface area (Å²) in [6.07, 6.45) is 0. The normalized spacial score (nSPS) is 13.0. The van der Waals surface area contributed by atoms with Crippen LogP contribution in [0.5, 0.6) is 0 Å². The molecular weight excluding hydrogens is 332 g/mol. The van der Waals surface area contributed by atoms with E-state index in [9.17, 15) is 18.0 Å². The summed E-state index contributed by atoms with van der Waals surface area (Å²) in [6, 6.07) is 5.12. The van der Waals surface area contributed by atoms with Crippen LogP contribution in [-0.2, 0) is 19.6 Å². The molecule has 0 fully saturated rings. The quantitative estimate of drug-likeness (QED) is 0.640. The van der Waals surface area contributed by atoms with E-state index in [4.69, 9.17) is 5.14 Å². The van der Waals surface area contributed by atoms with Gasteiger partial charge in [-0.05, 0) is 46.0 Å². The van der Waals surface area contributed by atoms with Crippen LogP contribution in [-0.4, -0.2) is 50.8 Å². The third kappa shape index (κ3) is 6.26. The van der Waals surface area contributed by atoms with Gasteiger partial charge in [0.25, 0.3) is 0 Å². The van der Waals surface area contributed by atoms with Crippen molar-refractivity contribution in [3.05, 3.63) is 24.3 Å². The number of hydrogen-bond donors (Lipinski definition) is 3. The summed E-state index contributed by atoms with van der Waals surface area (Å²) < 4.78 is 22.7. The van der Waals surface area contributed by atoms with Gasteiger partial charge in [-0.3, -0.25) is 14.5 Å². The first-order chi connectivity index (χ1) is 11.0. The van der Waals surface area contributed by atoms with Gasteiger partial charge in [0, 0.05) is 11.7 Å². The van der Waals surface area contributed by atoms with Crippen LogP contribution in [0, 0.1) is 0 Å². The highest BCUT2D eigenvalue weighted by Gasteiger charge is 2.21. The van der Waals surface area contributed by atoms with Crippen molar-refractivity contribution < 1.29 is 18.0 Å². The number of primary sulfonamides is 1. The van der Waals surface area contributed by atoms with Crippen LogP contribution in [0.3, 0.4) is 0 Å². The van der Waals surface area contributed by atoms with Gasteiger partial charge in [-0.2, -0.15) is 0 Å². The Morgan fingerprint density at radius 2 is 1.88 bits per heavy atom. The lowest BCUT2D eigenvalue weighted by atomic mass is 10.2. The largest absolute Gasteiger partial charge is 0.353 e. The molecule has 0 aliphatic heterocycles. The van der Waals surface area contributed by atoms with Gasteiger partial charge in [0.15, 0.2) is 0 Å². The molecule has 0 aliphatic rings. The van der Waals surface area contributed by atoms with Crippen molar-refractivity contribution >= 4 is 27.5 Å². The average molecular weight is 356 g/mol. The van der Waals surface area contributed by atoms with E-state index in [1.54, 1.807) is 24.9 Å². The molecule has 0 aliphatic carbocycles. The monoisotopic (exact) mass is 356 g/mol. The first-order valence-corrected chi connectivity index (χ1v) is 8.98. The number of amides is 2. The third-order valence-corrected chi connectivity index (χ3v) is 4.22. The number of benzene rings is 1. The minimum absolute atomic E-state index is 0.0241. The standard InChI is InChI=1S/C15H24N4O4S/c1-10(2)17-14(20)9-19(4)11(3)15(21)18-12-6-5-7-13(8-12)24(16,22)23/h5-8,10-11H,9H2,1-4H3,(H,17,20)(H,18,21)(H2,16,22,23). The highest BCUT2D eigenvalue weighted by Crippen LogP contribution is 2.14. The van der Waals surface area contributed by atoms with Crippen molar-refractivity contribution in [3.63, 3.8) is 0 Å². The molecular formula is C15H24N4O4S. The van der Waals surface area contributed by atoms with Crippen molar-refractivity contribution in [2.45, 2.75) is 37.8 Å². The first kappa shape index (κ1) is 20.1. The Hall–Kier alpha value is -1.97. The van der Waals surface area contributed by atoms with Crippen LogP contribution in [0.2, 0.25) is 0 Å². The lowest BCUT2D eigenvalue weighted by molar-refractivity contribution is -0.125. The number of nitrogens with two attached hydrogens (primary N) is 1. The van der Waals surface area contributed by atoms with E-state index in [1.807, 2.05) is 13.8 Å². The Balaban J connectivity index is 2.72. The fourth-order valence-electron chi connectivity index (χ4n) is 1.93. The van der Waals surface area contributed by atoms with Gasteiger partial charge in [-0.25, -0.2) is 13.6 Å². The van der Waals surface area contributed by atoms with Crippen LogP contribution < -0.4 is 15.8 Å². The maximum Gasteiger partial charge on any atom is 0.241 e. The molecule has 24 heavy (non-hydrogen) atoms. The molecule has 8 nitrogen and oxygen atoms in total. The number of carbonyl (C=O) groups is 2. The summed E-state index contributed by atoms with van der Waals surface area (Å²) in [5.41, 5.74) is 0.318. The Morgan fingerprint density at radius 1 is 1.25 bits per heavy atom. The Kier molecular flexibility index (Phi) is 6.88. The van der Waals surface area contributed by atoms with E-state index >= 15 is 0 Å². The van der Waals surface area contributed by atoms with Crippen molar-refractivity contribution in [1.29, 1.82) is 0 Å². The Labute approximate surface area is 142 Å². The molecule has 134 valence electrons. The maximum absolute atomic E-state index is 12.3. The molecule has 0 aromatic heterocycles. The van der Waals surface area contributed by atoms with Crippen molar-refractivity contribution in [3.8, 4) is 0 Å². The minimum Gasteiger partial charge on any atom is -0.353 e. The summed E-state index contributed by atoms with van der Waals surface area (Å²) in [6.45, 7) is 5.44. The van der Waals surface area contributed by atoms with E-state index in [-0.39, 0.29) is 29.3 Å². The van der Waals surface area contributed by atoms with E-state index in [0.29, 0.717) is 5.69 Å². The second kappa shape index (κ2) is 8.22. The summed E-state index contributed by atoms with van der Waals surface area (Å²) in [5.74, 6) is -0.537. The lowest BCUT2D eigenvalue weighted by Crippen LogP contribution is -2.46. The zero-order chi connectivity index (χ0) is 18.5. The van der Waals surface area contributed by atoms with Gasteiger partial charge in [-0.1, -0.05) is 6.07 Å². The predicted octanol–water partition coefficient (Wildman–Crippen LogP) is 0.117. The minimum atomic E-state index is -3.84. The molecule has 0 saturated heterocycles. The highest BCUT2D eigenvalue weighted by molar-refractivity contribution is 7.89. The van der Waals surface area contributed by atoms with Crippen LogP contribution in [0.4, 0.5) is 5.69 Å². The number of sulfonamides is 1. The number of nitrogens with one attached hydrogen (secondary N) is 2. The second-order valence-electron chi connectivity index (χ2n) is 5.88. The zero-order valence-corrected chi connectivity index (χ0v) is 15.1. The van der Waals surface area contributed by atoms with Crippen molar-refractivity contribution in [2.24, 2.45) is 5.14 Å². The molecule has 4 N–H and O–H groups in total. The molecule has 1 aromatic carbocycles. The second-order valence-corrected chi connectivity index (χ2v) is 7.44. The van der Waals surface area contributed by atoms with Crippen LogP contribution in [0.1, 0.15) is 20.8 Å². The molecule has 2 amide bonds. The molecule has 0 saturated carbocycles. The van der Waals surface area contributed by atoms with E-state index in [2.05, 4.69) is 10.6 Å². The van der Waals surface area contributed by atoms with Gasteiger partial charge >= 0.3 is 0 Å². The smallest absolute Gasteiger partial charge is 0.241 e. The predicted molar refractivity (Wildman–Crippen MR) is 91.8 cm³/mol. The number of rotatable bonds is 7. The van der Waals surface area contributed by atoms with Gasteiger partial charge in [0.05, 0.1) is 17.5 Å². The number of hydrogen-bond acceptors (Lipinski definition) is 5. The molecule has 1 unspecified atom stereocenters. The fourth-order valence-corrected chi connectivity index (χ4v) is 2.49. The number of anilines is 1. The Bertz CT molecular complexity index is 703. The number of carbonyl (C=O) groups excluding carboxylic acids is 2. The molecule has 1 atom stereocenters. The summed E-state index contributed by atoms with van der Waals surface area (Å²) in [7, 11) is -2.18. The van der Waals surface area contributed by atoms with Crippen molar-refractivity contribution in [1.82, 2.24) is 10.2 Å². The molecule has 0 radical (unpaired) electrons. The molecule has 1 aromatic rings.